The van der Waals surface area contributed by atoms with Gasteiger partial charge >= 0.3 is 23.5 Å². The van der Waals surface area contributed by atoms with Gasteiger partial charge in [0.15, 0.2) is 10.1 Å². The Morgan fingerprint density at radius 2 is 1.27 bits per heavy atom. The molecule has 0 saturated heterocycles. The monoisotopic (exact) mass is 674 g/mol. The van der Waals surface area contributed by atoms with Crippen LogP contribution in [0.3, 0.4) is 0 Å². The lowest BCUT2D eigenvalue weighted by Gasteiger charge is -2.28. The van der Waals surface area contributed by atoms with E-state index in [1.807, 2.05) is 30.9 Å². The van der Waals surface area contributed by atoms with Crippen molar-refractivity contribution in [1.29, 1.82) is 0 Å². The summed E-state index contributed by atoms with van der Waals surface area (Å²) in [6.45, 7) is 4.31. The molecule has 0 radical (unpaired) electrons. The first-order chi connectivity index (χ1) is 19.9. The molecule has 0 saturated carbocycles. The van der Waals surface area contributed by atoms with Gasteiger partial charge in [-0.1, -0.05) is 43.7 Å². The maximum Gasteiger partial charge on any atom is 0.485 e. The van der Waals surface area contributed by atoms with Crippen molar-refractivity contribution in [2.75, 3.05) is 0 Å². The second kappa shape index (κ2) is 16.4. The molecule has 2 aromatic heterocycles. The van der Waals surface area contributed by atoms with Crippen LogP contribution in [0.2, 0.25) is 0 Å². The predicted octanol–water partition coefficient (Wildman–Crippen LogP) is 3.09. The lowest BCUT2D eigenvalue weighted by molar-refractivity contribution is -0.671. The number of imidazole rings is 2. The highest BCUT2D eigenvalue weighted by Crippen LogP contribution is 2.46. The zero-order chi connectivity index (χ0) is 34.6. The minimum Gasteiger partial charge on any atom is -0.741 e. The molecule has 0 atom stereocenters. The summed E-state index contributed by atoms with van der Waals surface area (Å²) in [5.74, 6) is -16.7. The third-order valence-corrected chi connectivity index (χ3v) is 5.48. The van der Waals surface area contributed by atoms with Crippen LogP contribution >= 0.6 is 0 Å². The summed E-state index contributed by atoms with van der Waals surface area (Å²) in [4.78, 5) is 9.27. The molecule has 250 valence electrons. The highest BCUT2D eigenvalue weighted by atomic mass is 32.2. The number of alkyl halides is 10. The van der Waals surface area contributed by atoms with E-state index < -0.39 is 39.6 Å². The number of benzene rings is 1. The number of hydrogen-bond donors (Lipinski definition) is 0. The number of halogens is 10. The van der Waals surface area contributed by atoms with Gasteiger partial charge < -0.3 is 14.5 Å². The first-order valence-electron chi connectivity index (χ1n) is 12.0. The first-order valence-corrected chi connectivity index (χ1v) is 13.4. The standard InChI is InChI=1S/C11H13N2.C8H15N2.C4HF7O2.CHF3O3S/c1-12-7-8-13(10-12)9-11-5-3-2-4-6-11;1-3-4-5-10-7-6-9(2)8-10;5-2(6,1(12)13)3(7,8)4(9,10)11;2-1(3,4)8(5,6)7/h2-8,10H,9H2,1H3;6-8H,3-5H2,1-2H3;(H,12,13);(H,5,6,7)/q2*+1;;/p-2. The van der Waals surface area contributed by atoms with Gasteiger partial charge in [0.2, 0.25) is 12.7 Å². The number of rotatable bonds is 7. The molecular formula is C24H28F10N4O5S. The van der Waals surface area contributed by atoms with Gasteiger partial charge in [-0.15, -0.1) is 0 Å². The Bertz CT molecular complexity index is 1390. The molecule has 0 amide bonds. The SMILES string of the molecule is CCCCn1cc[n+](C)c1.C[n+]1ccn(Cc2ccccc2)c1.O=C([O-])C(F)(F)C(F)(F)C(F)(F)F.O=S(=O)([O-])C(F)(F)F. The Balaban J connectivity index is 0.000000571. The molecule has 0 bridgehead atoms. The summed E-state index contributed by atoms with van der Waals surface area (Å²) < 4.78 is 148. The quantitative estimate of drug-likeness (QED) is 0.166. The molecule has 0 unspecified atom stereocenters. The van der Waals surface area contributed by atoms with Crippen LogP contribution in [0.5, 0.6) is 0 Å². The van der Waals surface area contributed by atoms with E-state index in [0.29, 0.717) is 0 Å². The van der Waals surface area contributed by atoms with Gasteiger partial charge in [-0.25, -0.2) is 26.7 Å². The van der Waals surface area contributed by atoms with Gasteiger partial charge in [0.1, 0.15) is 37.3 Å². The zero-order valence-corrected chi connectivity index (χ0v) is 24.0. The molecule has 9 nitrogen and oxygen atoms in total. The average Bonchev–Trinajstić information content (AvgIpc) is 3.49. The minimum atomic E-state index is -6.64. The second-order valence-electron chi connectivity index (χ2n) is 8.74. The van der Waals surface area contributed by atoms with Crippen LogP contribution in [0.1, 0.15) is 25.3 Å². The van der Waals surface area contributed by atoms with Crippen LogP contribution in [-0.4, -0.2) is 51.6 Å². The lowest BCUT2D eigenvalue weighted by atomic mass is 10.1. The fraction of sp³-hybridized carbons (Fsp3) is 0.458. The largest absolute Gasteiger partial charge is 0.741 e. The maximum atomic E-state index is 11.7. The van der Waals surface area contributed by atoms with Gasteiger partial charge in [0, 0.05) is 0 Å². The number of carbonyl (C=O) groups excluding carboxylic acids is 1. The molecule has 0 fully saturated rings. The molecule has 0 aliphatic heterocycles. The number of nitrogens with zero attached hydrogens (tertiary/aromatic N) is 4. The third kappa shape index (κ3) is 13.3. The number of aryl methyl sites for hydroxylation is 3. The van der Waals surface area contributed by atoms with Crippen LogP contribution in [0, 0.1) is 0 Å². The fourth-order valence-corrected chi connectivity index (χ4v) is 2.67. The maximum absolute atomic E-state index is 11.7. The zero-order valence-electron chi connectivity index (χ0n) is 23.2. The fourth-order valence-electron chi connectivity index (χ4n) is 2.67. The smallest absolute Gasteiger partial charge is 0.485 e. The van der Waals surface area contributed by atoms with E-state index >= 15 is 0 Å². The predicted molar refractivity (Wildman–Crippen MR) is 128 cm³/mol. The van der Waals surface area contributed by atoms with Gasteiger partial charge in [0.25, 0.3) is 0 Å². The van der Waals surface area contributed by atoms with Crippen LogP contribution in [0.15, 0.2) is 67.8 Å². The normalized spacial score (nSPS) is 12.1. The van der Waals surface area contributed by atoms with Crippen molar-refractivity contribution in [2.24, 2.45) is 14.1 Å². The summed E-state index contributed by atoms with van der Waals surface area (Å²) in [5, 5.41) is 9.27. The summed E-state index contributed by atoms with van der Waals surface area (Å²) >= 11 is 0. The Labute approximate surface area is 245 Å². The van der Waals surface area contributed by atoms with E-state index in [-0.39, 0.29) is 0 Å². The number of aromatic nitrogens is 4. The van der Waals surface area contributed by atoms with E-state index in [1.54, 1.807) is 0 Å². The van der Waals surface area contributed by atoms with E-state index in [9.17, 15) is 53.8 Å². The number of hydrogen-bond acceptors (Lipinski definition) is 5. The summed E-state index contributed by atoms with van der Waals surface area (Å²) in [6, 6.07) is 10.5. The van der Waals surface area contributed by atoms with Crippen molar-refractivity contribution in [3.8, 4) is 0 Å². The van der Waals surface area contributed by atoms with Crippen molar-refractivity contribution in [1.82, 2.24) is 9.13 Å². The Morgan fingerprint density at radius 3 is 1.57 bits per heavy atom. The molecule has 44 heavy (non-hydrogen) atoms. The van der Waals surface area contributed by atoms with E-state index in [4.69, 9.17) is 13.0 Å². The van der Waals surface area contributed by atoms with E-state index in [0.717, 1.165) is 13.1 Å². The Hall–Kier alpha value is -3.68. The van der Waals surface area contributed by atoms with Gasteiger partial charge in [0.05, 0.1) is 20.6 Å². The Morgan fingerprint density at radius 1 is 0.841 bits per heavy atom. The van der Waals surface area contributed by atoms with Crippen molar-refractivity contribution in [3.63, 3.8) is 0 Å². The second-order valence-corrected chi connectivity index (χ2v) is 10.1. The van der Waals surface area contributed by atoms with Crippen molar-refractivity contribution in [2.45, 2.75) is 56.4 Å². The highest BCUT2D eigenvalue weighted by Gasteiger charge is 2.73. The van der Waals surface area contributed by atoms with Crippen molar-refractivity contribution >= 4 is 16.1 Å². The van der Waals surface area contributed by atoms with Crippen LogP contribution < -0.4 is 14.2 Å². The molecule has 3 aromatic rings. The molecule has 0 spiro atoms. The van der Waals surface area contributed by atoms with Crippen LogP contribution in [0.25, 0.3) is 0 Å². The number of unbranched alkanes of at least 4 members (excludes halogenated alkanes) is 1. The minimum absolute atomic E-state index is 0.946. The lowest BCUT2D eigenvalue weighted by Crippen LogP contribution is -2.60. The molecule has 0 aliphatic carbocycles. The number of carboxylic acids is 1. The molecule has 0 aliphatic rings. The molecule has 3 rings (SSSR count). The van der Waals surface area contributed by atoms with Gasteiger partial charge in [-0.2, -0.15) is 43.9 Å². The molecule has 20 heteroatoms. The van der Waals surface area contributed by atoms with Gasteiger partial charge in [-0.05, 0) is 12.0 Å². The number of aliphatic carboxylic acids is 1. The van der Waals surface area contributed by atoms with Gasteiger partial charge in [-0.3, -0.25) is 0 Å². The average molecular weight is 675 g/mol. The summed E-state index contributed by atoms with van der Waals surface area (Å²) in [6.07, 6.45) is 8.37. The summed E-state index contributed by atoms with van der Waals surface area (Å²) in [7, 11) is -2.02. The number of carboxylic acid groups (broad SMARTS) is 1. The number of carbonyl (C=O) groups is 1. The first kappa shape index (κ1) is 40.3. The molecular weight excluding hydrogens is 646 g/mol. The van der Waals surface area contributed by atoms with E-state index in [1.165, 1.54) is 18.4 Å². The van der Waals surface area contributed by atoms with Crippen LogP contribution in [0.4, 0.5) is 43.9 Å². The summed E-state index contributed by atoms with van der Waals surface area (Å²) in [5.41, 5.74) is -4.31. The topological polar surface area (TPSA) is 115 Å². The highest BCUT2D eigenvalue weighted by molar-refractivity contribution is 7.86. The van der Waals surface area contributed by atoms with Crippen molar-refractivity contribution in [3.05, 3.63) is 73.3 Å². The van der Waals surface area contributed by atoms with E-state index in [2.05, 4.69) is 76.1 Å². The molecule has 1 aromatic carbocycles. The molecule has 2 heterocycles. The third-order valence-electron chi connectivity index (χ3n) is 4.92. The van der Waals surface area contributed by atoms with Crippen LogP contribution in [-0.2, 0) is 42.1 Å². The van der Waals surface area contributed by atoms with Crippen molar-refractivity contribution < 1.29 is 75.9 Å². The Kier molecular flexibility index (Phi) is 15.0. The molecule has 0 N–H and O–H groups in total.